The Kier molecular flexibility index (Phi) is 9.35. The summed E-state index contributed by atoms with van der Waals surface area (Å²) in [5.41, 5.74) is 3.23. The van der Waals surface area contributed by atoms with Gasteiger partial charge in [-0.3, -0.25) is 9.52 Å². The molecule has 8 nitrogen and oxygen atoms in total. The van der Waals surface area contributed by atoms with Gasteiger partial charge in [-0.15, -0.1) is 0 Å². The normalized spacial score (nSPS) is 11.2. The van der Waals surface area contributed by atoms with Gasteiger partial charge < -0.3 is 20.4 Å². The number of carbonyl (C=O) groups is 3. The summed E-state index contributed by atoms with van der Waals surface area (Å²) in [7, 11) is 4.98. The summed E-state index contributed by atoms with van der Waals surface area (Å²) in [4.78, 5) is 41.9. The van der Waals surface area contributed by atoms with Crippen molar-refractivity contribution in [1.82, 2.24) is 14.9 Å². The van der Waals surface area contributed by atoms with Crippen molar-refractivity contribution in [3.05, 3.63) is 90.0 Å². The molecule has 0 aliphatic carbocycles. The number of aryl methyl sites for hydroxylation is 1. The Morgan fingerprint density at radius 1 is 0.861 bits per heavy atom. The largest absolute Gasteiger partial charge is 0.331 e. The van der Waals surface area contributed by atoms with Crippen molar-refractivity contribution in [3.8, 4) is 0 Å². The maximum atomic E-state index is 13.5. The first-order chi connectivity index (χ1) is 17.2. The van der Waals surface area contributed by atoms with E-state index in [-0.39, 0.29) is 11.9 Å². The van der Waals surface area contributed by atoms with E-state index in [9.17, 15) is 14.4 Å². The van der Waals surface area contributed by atoms with Crippen LogP contribution in [0.4, 0.5) is 21.0 Å². The van der Waals surface area contributed by atoms with Crippen LogP contribution in [-0.2, 0) is 11.2 Å². The minimum Gasteiger partial charge on any atom is -0.331 e. The first kappa shape index (κ1) is 26.6. The molecule has 3 aromatic carbocycles. The minimum absolute atomic E-state index is 0.242. The molecule has 0 aromatic heterocycles. The average molecular weight is 506 g/mol. The third-order valence-corrected chi connectivity index (χ3v) is 6.44. The monoisotopic (exact) mass is 505 g/mol. The molecule has 188 valence electrons. The highest BCUT2D eigenvalue weighted by atomic mass is 32.2. The summed E-state index contributed by atoms with van der Waals surface area (Å²) in [5, 5.41) is 5.60. The van der Waals surface area contributed by atoms with Crippen LogP contribution >= 0.6 is 11.9 Å². The molecule has 3 rings (SSSR count). The number of likely N-dealkylation sites (N-methyl/N-ethyl adjacent to an activating group) is 1. The lowest BCUT2D eigenvalue weighted by atomic mass is 10.0. The second-order valence-electron chi connectivity index (χ2n) is 8.45. The SMILES string of the molecule is Cc1ccccc1SNC(=O)NC(Cc1ccccc1)C(=O)N(C)c1ccc(NC(=O)N(C)C)cc1. The van der Waals surface area contributed by atoms with E-state index in [1.807, 2.05) is 61.5 Å². The number of anilines is 2. The molecule has 0 aliphatic rings. The lowest BCUT2D eigenvalue weighted by Gasteiger charge is -2.25. The first-order valence-electron chi connectivity index (χ1n) is 11.4. The Bertz CT molecular complexity index is 1190. The van der Waals surface area contributed by atoms with E-state index in [0.717, 1.165) is 16.0 Å². The van der Waals surface area contributed by atoms with Crippen molar-refractivity contribution in [2.24, 2.45) is 0 Å². The maximum absolute atomic E-state index is 13.5. The van der Waals surface area contributed by atoms with Gasteiger partial charge in [0, 0.05) is 43.8 Å². The van der Waals surface area contributed by atoms with Crippen LogP contribution in [0.3, 0.4) is 0 Å². The Labute approximate surface area is 216 Å². The second kappa shape index (κ2) is 12.6. The van der Waals surface area contributed by atoms with Crippen LogP contribution in [0.1, 0.15) is 11.1 Å². The van der Waals surface area contributed by atoms with Crippen LogP contribution in [0.5, 0.6) is 0 Å². The molecular formula is C27H31N5O3S. The number of hydrogen-bond donors (Lipinski definition) is 3. The Morgan fingerprint density at radius 3 is 2.14 bits per heavy atom. The lowest BCUT2D eigenvalue weighted by molar-refractivity contribution is -0.120. The van der Waals surface area contributed by atoms with E-state index in [0.29, 0.717) is 17.8 Å². The summed E-state index contributed by atoms with van der Waals surface area (Å²) in [6.45, 7) is 1.97. The van der Waals surface area contributed by atoms with E-state index in [1.54, 1.807) is 45.4 Å². The van der Waals surface area contributed by atoms with Gasteiger partial charge in [0.15, 0.2) is 0 Å². The molecule has 1 unspecified atom stereocenters. The van der Waals surface area contributed by atoms with E-state index in [1.165, 1.54) is 21.7 Å². The molecule has 1 atom stereocenters. The number of amides is 5. The van der Waals surface area contributed by atoms with Gasteiger partial charge in [0.1, 0.15) is 6.04 Å². The number of nitrogens with one attached hydrogen (secondary N) is 3. The van der Waals surface area contributed by atoms with Crippen molar-refractivity contribution < 1.29 is 14.4 Å². The van der Waals surface area contributed by atoms with Crippen LogP contribution in [0.15, 0.2) is 83.8 Å². The highest BCUT2D eigenvalue weighted by Gasteiger charge is 2.25. The van der Waals surface area contributed by atoms with Gasteiger partial charge >= 0.3 is 12.1 Å². The van der Waals surface area contributed by atoms with Crippen molar-refractivity contribution in [2.75, 3.05) is 31.4 Å². The van der Waals surface area contributed by atoms with Gasteiger partial charge in [0.2, 0.25) is 5.91 Å². The van der Waals surface area contributed by atoms with Crippen molar-refractivity contribution >= 4 is 41.3 Å². The standard InChI is InChI=1S/C27H31N5O3S/c1-19-10-8-9-13-24(19)36-30-26(34)29-23(18-20-11-6-5-7-12-20)25(33)32(4)22-16-14-21(15-17-22)28-27(35)31(2)3/h5-17,23H,18H2,1-4H3,(H,28,35)(H2,29,30,34). The summed E-state index contributed by atoms with van der Waals surface area (Å²) >= 11 is 1.20. The molecule has 0 radical (unpaired) electrons. The zero-order valence-electron chi connectivity index (χ0n) is 20.8. The van der Waals surface area contributed by atoms with Crippen LogP contribution in [0.2, 0.25) is 0 Å². The van der Waals surface area contributed by atoms with Crippen molar-refractivity contribution in [3.63, 3.8) is 0 Å². The summed E-state index contributed by atoms with van der Waals surface area (Å²) < 4.78 is 2.78. The topological polar surface area (TPSA) is 93.8 Å². The number of urea groups is 2. The predicted octanol–water partition coefficient (Wildman–Crippen LogP) is 4.67. The fourth-order valence-electron chi connectivity index (χ4n) is 3.37. The molecular weight excluding hydrogens is 474 g/mol. The van der Waals surface area contributed by atoms with Gasteiger partial charge in [-0.25, -0.2) is 9.59 Å². The Hall–Kier alpha value is -3.98. The van der Waals surface area contributed by atoms with Crippen LogP contribution in [-0.4, -0.2) is 50.1 Å². The molecule has 5 amide bonds. The van der Waals surface area contributed by atoms with E-state index in [2.05, 4.69) is 15.4 Å². The molecule has 0 heterocycles. The number of rotatable bonds is 8. The Balaban J connectivity index is 1.71. The Morgan fingerprint density at radius 2 is 1.50 bits per heavy atom. The summed E-state index contributed by atoms with van der Waals surface area (Å²) in [6.07, 6.45) is 0.337. The molecule has 0 saturated carbocycles. The van der Waals surface area contributed by atoms with Crippen molar-refractivity contribution in [1.29, 1.82) is 0 Å². The van der Waals surface area contributed by atoms with Gasteiger partial charge in [0.25, 0.3) is 0 Å². The van der Waals surface area contributed by atoms with Gasteiger partial charge in [0.05, 0.1) is 0 Å². The number of hydrogen-bond acceptors (Lipinski definition) is 4. The molecule has 0 aliphatic heterocycles. The zero-order chi connectivity index (χ0) is 26.1. The highest BCUT2D eigenvalue weighted by Crippen LogP contribution is 2.20. The highest BCUT2D eigenvalue weighted by molar-refractivity contribution is 7.98. The average Bonchev–Trinajstić information content (AvgIpc) is 2.88. The number of benzene rings is 3. The van der Waals surface area contributed by atoms with Crippen LogP contribution < -0.4 is 20.3 Å². The molecule has 0 fully saturated rings. The lowest BCUT2D eigenvalue weighted by Crippen LogP contribution is -2.50. The van der Waals surface area contributed by atoms with Crippen LogP contribution in [0, 0.1) is 6.92 Å². The van der Waals surface area contributed by atoms with Gasteiger partial charge in [-0.1, -0.05) is 48.5 Å². The first-order valence-corrected chi connectivity index (χ1v) is 12.2. The van der Waals surface area contributed by atoms with E-state index < -0.39 is 12.1 Å². The number of nitrogens with zero attached hydrogens (tertiary/aromatic N) is 2. The molecule has 9 heteroatoms. The molecule has 36 heavy (non-hydrogen) atoms. The predicted molar refractivity (Wildman–Crippen MR) is 145 cm³/mol. The maximum Gasteiger partial charge on any atom is 0.325 e. The van der Waals surface area contributed by atoms with Gasteiger partial charge in [-0.05, 0) is 60.3 Å². The van der Waals surface area contributed by atoms with E-state index in [4.69, 9.17) is 0 Å². The summed E-state index contributed by atoms with van der Waals surface area (Å²) in [5.74, 6) is -0.264. The third kappa shape index (κ3) is 7.51. The fourth-order valence-corrected chi connectivity index (χ4v) is 4.01. The fraction of sp³-hybridized carbons (Fsp3) is 0.222. The molecule has 3 N–H and O–H groups in total. The second-order valence-corrected chi connectivity index (χ2v) is 9.30. The molecule has 3 aromatic rings. The quantitative estimate of drug-likeness (QED) is 0.388. The molecule has 0 bridgehead atoms. The molecule has 0 saturated heterocycles. The summed E-state index contributed by atoms with van der Waals surface area (Å²) in [6, 6.07) is 22.7. The van der Waals surface area contributed by atoms with E-state index >= 15 is 0 Å². The van der Waals surface area contributed by atoms with Crippen LogP contribution in [0.25, 0.3) is 0 Å². The number of carbonyl (C=O) groups excluding carboxylic acids is 3. The minimum atomic E-state index is -0.789. The third-order valence-electron chi connectivity index (χ3n) is 5.48. The van der Waals surface area contributed by atoms with Crippen molar-refractivity contribution in [2.45, 2.75) is 24.3 Å². The van der Waals surface area contributed by atoms with Gasteiger partial charge in [-0.2, -0.15) is 0 Å². The smallest absolute Gasteiger partial charge is 0.325 e. The molecule has 0 spiro atoms. The zero-order valence-corrected chi connectivity index (χ0v) is 21.6.